The Labute approximate surface area is 143 Å². The predicted molar refractivity (Wildman–Crippen MR) is 93.8 cm³/mol. The second kappa shape index (κ2) is 6.95. The van der Waals surface area contributed by atoms with Gasteiger partial charge in [0.05, 0.1) is 13.7 Å². The Kier molecular flexibility index (Phi) is 4.74. The summed E-state index contributed by atoms with van der Waals surface area (Å²) in [5.41, 5.74) is 3.09. The maximum absolute atomic E-state index is 12.1. The van der Waals surface area contributed by atoms with Gasteiger partial charge in [-0.05, 0) is 42.2 Å². The van der Waals surface area contributed by atoms with Gasteiger partial charge in [-0.2, -0.15) is 0 Å². The summed E-state index contributed by atoms with van der Waals surface area (Å²) in [5.74, 6) is 2.10. The van der Waals surface area contributed by atoms with Crippen molar-refractivity contribution in [1.29, 1.82) is 0 Å². The first-order chi connectivity index (χ1) is 11.6. The van der Waals surface area contributed by atoms with Crippen LogP contribution in [0.2, 0.25) is 0 Å². The number of hydrogen-bond acceptors (Lipinski definition) is 3. The van der Waals surface area contributed by atoms with Crippen LogP contribution < -0.4 is 9.47 Å². The second-order valence-corrected chi connectivity index (χ2v) is 6.43. The van der Waals surface area contributed by atoms with Crippen molar-refractivity contribution < 1.29 is 14.3 Å². The van der Waals surface area contributed by atoms with E-state index >= 15 is 0 Å². The summed E-state index contributed by atoms with van der Waals surface area (Å²) in [6.07, 6.45) is 1.85. The van der Waals surface area contributed by atoms with E-state index < -0.39 is 0 Å². The SMILES string of the molecule is COc1cccc2c1OCC(Cc1cccc(C(=O)N(C)C)c1)C2. The van der Waals surface area contributed by atoms with E-state index in [1.54, 1.807) is 26.1 Å². The van der Waals surface area contributed by atoms with Gasteiger partial charge in [-0.15, -0.1) is 0 Å². The third-order valence-electron chi connectivity index (χ3n) is 4.36. The third kappa shape index (κ3) is 3.37. The molecule has 0 spiro atoms. The first kappa shape index (κ1) is 16.4. The van der Waals surface area contributed by atoms with Crippen LogP contribution in [-0.4, -0.2) is 38.6 Å². The number of amides is 1. The molecule has 0 N–H and O–H groups in total. The molecule has 0 aromatic heterocycles. The molecule has 1 aliphatic rings. The lowest BCUT2D eigenvalue weighted by atomic mass is 9.90. The number of benzene rings is 2. The van der Waals surface area contributed by atoms with E-state index in [1.165, 1.54) is 11.1 Å². The first-order valence-electron chi connectivity index (χ1n) is 8.17. The average molecular weight is 325 g/mol. The van der Waals surface area contributed by atoms with Crippen molar-refractivity contribution in [2.75, 3.05) is 27.8 Å². The van der Waals surface area contributed by atoms with E-state index in [9.17, 15) is 4.79 Å². The van der Waals surface area contributed by atoms with E-state index in [0.717, 1.165) is 29.9 Å². The normalized spacial score (nSPS) is 16.0. The van der Waals surface area contributed by atoms with Gasteiger partial charge in [-0.3, -0.25) is 4.79 Å². The summed E-state index contributed by atoms with van der Waals surface area (Å²) >= 11 is 0. The van der Waals surface area contributed by atoms with Gasteiger partial charge in [0, 0.05) is 25.6 Å². The molecule has 1 aliphatic heterocycles. The number of hydrogen-bond donors (Lipinski definition) is 0. The molecule has 0 saturated carbocycles. The zero-order valence-corrected chi connectivity index (χ0v) is 14.4. The van der Waals surface area contributed by atoms with Crippen LogP contribution >= 0.6 is 0 Å². The second-order valence-electron chi connectivity index (χ2n) is 6.43. The largest absolute Gasteiger partial charge is 0.493 e. The van der Waals surface area contributed by atoms with E-state index in [4.69, 9.17) is 9.47 Å². The Morgan fingerprint density at radius 2 is 2.04 bits per heavy atom. The van der Waals surface area contributed by atoms with Gasteiger partial charge in [0.1, 0.15) is 0 Å². The van der Waals surface area contributed by atoms with Crippen LogP contribution in [-0.2, 0) is 12.8 Å². The molecule has 4 nitrogen and oxygen atoms in total. The summed E-state index contributed by atoms with van der Waals surface area (Å²) in [5, 5.41) is 0. The molecule has 0 aliphatic carbocycles. The molecular formula is C20H23NO3. The number of carbonyl (C=O) groups excluding carboxylic acids is 1. The zero-order valence-electron chi connectivity index (χ0n) is 14.4. The highest BCUT2D eigenvalue weighted by molar-refractivity contribution is 5.94. The maximum Gasteiger partial charge on any atom is 0.253 e. The fourth-order valence-electron chi connectivity index (χ4n) is 3.17. The fraction of sp³-hybridized carbons (Fsp3) is 0.350. The Bertz CT molecular complexity index is 739. The molecule has 126 valence electrons. The van der Waals surface area contributed by atoms with E-state index in [1.807, 2.05) is 30.3 Å². The molecule has 1 amide bonds. The molecule has 2 aromatic rings. The van der Waals surface area contributed by atoms with Crippen LogP contribution in [0.15, 0.2) is 42.5 Å². The lowest BCUT2D eigenvalue weighted by Gasteiger charge is -2.26. The lowest BCUT2D eigenvalue weighted by molar-refractivity contribution is 0.0827. The number of nitrogens with zero attached hydrogens (tertiary/aromatic N) is 1. The van der Waals surface area contributed by atoms with Crippen LogP contribution in [0.3, 0.4) is 0 Å². The number of methoxy groups -OCH3 is 1. The topological polar surface area (TPSA) is 38.8 Å². The van der Waals surface area contributed by atoms with Crippen molar-refractivity contribution in [2.24, 2.45) is 5.92 Å². The smallest absolute Gasteiger partial charge is 0.253 e. The standard InChI is InChI=1S/C20H23NO3/c1-21(2)20(22)17-8-4-6-14(11-17)10-15-12-16-7-5-9-18(23-3)19(16)24-13-15/h4-9,11,15H,10,12-13H2,1-3H3. The Balaban J connectivity index is 1.74. The minimum Gasteiger partial charge on any atom is -0.493 e. The molecule has 1 unspecified atom stereocenters. The predicted octanol–water partition coefficient (Wildman–Crippen LogP) is 3.19. The molecule has 4 heteroatoms. The van der Waals surface area contributed by atoms with E-state index in [0.29, 0.717) is 12.5 Å². The molecule has 0 fully saturated rings. The Morgan fingerprint density at radius 1 is 1.25 bits per heavy atom. The van der Waals surface area contributed by atoms with Gasteiger partial charge in [0.25, 0.3) is 5.91 Å². The van der Waals surface area contributed by atoms with Crippen molar-refractivity contribution in [1.82, 2.24) is 4.90 Å². The maximum atomic E-state index is 12.1. The molecule has 1 atom stereocenters. The molecule has 0 bridgehead atoms. The molecule has 24 heavy (non-hydrogen) atoms. The van der Waals surface area contributed by atoms with Gasteiger partial charge >= 0.3 is 0 Å². The summed E-state index contributed by atoms with van der Waals surface area (Å²) in [6.45, 7) is 0.666. The highest BCUT2D eigenvalue weighted by Gasteiger charge is 2.23. The molecular weight excluding hydrogens is 302 g/mol. The van der Waals surface area contributed by atoms with Crippen LogP contribution in [0.25, 0.3) is 0 Å². The van der Waals surface area contributed by atoms with Gasteiger partial charge in [-0.25, -0.2) is 0 Å². The fourth-order valence-corrected chi connectivity index (χ4v) is 3.17. The summed E-state index contributed by atoms with van der Waals surface area (Å²) in [4.78, 5) is 13.7. The zero-order chi connectivity index (χ0) is 17.1. The van der Waals surface area contributed by atoms with Gasteiger partial charge in [-0.1, -0.05) is 24.3 Å². The number of fused-ring (bicyclic) bond motifs is 1. The van der Waals surface area contributed by atoms with Crippen LogP contribution in [0.5, 0.6) is 11.5 Å². The Hall–Kier alpha value is -2.49. The third-order valence-corrected chi connectivity index (χ3v) is 4.36. The number of rotatable bonds is 4. The summed E-state index contributed by atoms with van der Waals surface area (Å²) < 4.78 is 11.3. The van der Waals surface area contributed by atoms with E-state index in [2.05, 4.69) is 12.1 Å². The van der Waals surface area contributed by atoms with Crippen LogP contribution in [0, 0.1) is 5.92 Å². The van der Waals surface area contributed by atoms with Crippen molar-refractivity contribution in [2.45, 2.75) is 12.8 Å². The van der Waals surface area contributed by atoms with Crippen molar-refractivity contribution in [3.63, 3.8) is 0 Å². The highest BCUT2D eigenvalue weighted by Crippen LogP contribution is 2.36. The molecule has 3 rings (SSSR count). The van der Waals surface area contributed by atoms with E-state index in [-0.39, 0.29) is 5.91 Å². The van der Waals surface area contributed by atoms with Gasteiger partial charge in [0.15, 0.2) is 11.5 Å². The minimum absolute atomic E-state index is 0.0341. The number of para-hydroxylation sites is 1. The van der Waals surface area contributed by atoms with Crippen LogP contribution in [0.4, 0.5) is 0 Å². The highest BCUT2D eigenvalue weighted by atomic mass is 16.5. The van der Waals surface area contributed by atoms with Crippen molar-refractivity contribution in [3.05, 3.63) is 59.2 Å². The minimum atomic E-state index is 0.0341. The number of ether oxygens (including phenoxy) is 2. The molecule has 2 aromatic carbocycles. The van der Waals surface area contributed by atoms with Crippen molar-refractivity contribution in [3.8, 4) is 11.5 Å². The number of carbonyl (C=O) groups is 1. The van der Waals surface area contributed by atoms with Crippen molar-refractivity contribution >= 4 is 5.91 Å². The molecule has 0 saturated heterocycles. The summed E-state index contributed by atoms with van der Waals surface area (Å²) in [6, 6.07) is 13.9. The van der Waals surface area contributed by atoms with Gasteiger partial charge < -0.3 is 14.4 Å². The monoisotopic (exact) mass is 325 g/mol. The first-order valence-corrected chi connectivity index (χ1v) is 8.17. The average Bonchev–Trinajstić information content (AvgIpc) is 2.60. The van der Waals surface area contributed by atoms with Crippen LogP contribution in [0.1, 0.15) is 21.5 Å². The molecule has 1 heterocycles. The molecule has 0 radical (unpaired) electrons. The lowest BCUT2D eigenvalue weighted by Crippen LogP contribution is -2.24. The summed E-state index contributed by atoms with van der Waals surface area (Å²) in [7, 11) is 5.21. The quantitative estimate of drug-likeness (QED) is 0.866. The van der Waals surface area contributed by atoms with Gasteiger partial charge in [0.2, 0.25) is 0 Å². The Morgan fingerprint density at radius 3 is 2.79 bits per heavy atom.